The van der Waals surface area contributed by atoms with Crippen molar-refractivity contribution in [3.63, 3.8) is 0 Å². The molecule has 2 rings (SSSR count). The number of benzene rings is 1. The van der Waals surface area contributed by atoms with Gasteiger partial charge in [0.2, 0.25) is 5.91 Å². The van der Waals surface area contributed by atoms with Crippen molar-refractivity contribution in [2.24, 2.45) is 0 Å². The summed E-state index contributed by atoms with van der Waals surface area (Å²) in [6.07, 6.45) is 3.41. The molecule has 33 heavy (non-hydrogen) atoms. The van der Waals surface area contributed by atoms with E-state index in [4.69, 9.17) is 9.47 Å². The van der Waals surface area contributed by atoms with Crippen LogP contribution in [0.15, 0.2) is 35.7 Å². The van der Waals surface area contributed by atoms with Crippen molar-refractivity contribution >= 4 is 23.3 Å². The predicted octanol–water partition coefficient (Wildman–Crippen LogP) is 4.56. The van der Waals surface area contributed by atoms with Crippen LogP contribution in [0.2, 0.25) is 0 Å². The number of rotatable bonds is 14. The van der Waals surface area contributed by atoms with Crippen LogP contribution in [0.5, 0.6) is 11.5 Å². The summed E-state index contributed by atoms with van der Waals surface area (Å²) < 4.78 is 10.7. The molecule has 7 nitrogen and oxygen atoms in total. The smallest absolute Gasteiger partial charge is 0.317 e. The highest BCUT2D eigenvalue weighted by atomic mass is 32.1. The Morgan fingerprint density at radius 1 is 1.00 bits per heavy atom. The van der Waals surface area contributed by atoms with Gasteiger partial charge in [0.1, 0.15) is 6.54 Å². The van der Waals surface area contributed by atoms with Gasteiger partial charge in [-0.1, -0.05) is 32.4 Å². The minimum atomic E-state index is -0.172. The van der Waals surface area contributed by atoms with Crippen molar-refractivity contribution in [3.8, 4) is 11.5 Å². The molecule has 0 fully saturated rings. The van der Waals surface area contributed by atoms with Gasteiger partial charge in [-0.3, -0.25) is 4.79 Å². The van der Waals surface area contributed by atoms with Gasteiger partial charge in [-0.25, -0.2) is 4.79 Å². The molecule has 8 heteroatoms. The summed E-state index contributed by atoms with van der Waals surface area (Å²) in [6.45, 7) is 6.42. The number of unbranched alkanes of at least 4 members (excludes halogenated alkanes) is 1. The zero-order chi connectivity index (χ0) is 24.1. The molecule has 0 unspecified atom stereocenters. The summed E-state index contributed by atoms with van der Waals surface area (Å²) in [5.74, 6) is 1.30. The average molecular weight is 476 g/mol. The summed E-state index contributed by atoms with van der Waals surface area (Å²) in [5, 5.41) is 4.94. The van der Waals surface area contributed by atoms with E-state index in [1.54, 1.807) is 30.5 Å². The van der Waals surface area contributed by atoms with Crippen molar-refractivity contribution < 1.29 is 19.1 Å². The minimum Gasteiger partial charge on any atom is -0.493 e. The number of hydrogen-bond donors (Lipinski definition) is 1. The van der Waals surface area contributed by atoms with Crippen LogP contribution in [0.3, 0.4) is 0 Å². The molecule has 1 heterocycles. The Labute approximate surface area is 201 Å². The summed E-state index contributed by atoms with van der Waals surface area (Å²) in [5.41, 5.74) is 1.05. The molecule has 0 atom stereocenters. The van der Waals surface area contributed by atoms with Gasteiger partial charge in [-0.2, -0.15) is 0 Å². The Morgan fingerprint density at radius 3 is 2.42 bits per heavy atom. The van der Waals surface area contributed by atoms with E-state index in [2.05, 4.69) is 12.2 Å². The number of carbonyl (C=O) groups is 2. The van der Waals surface area contributed by atoms with Crippen LogP contribution < -0.4 is 14.8 Å². The van der Waals surface area contributed by atoms with Gasteiger partial charge in [0, 0.05) is 24.5 Å². The quantitative estimate of drug-likeness (QED) is 0.407. The van der Waals surface area contributed by atoms with Crippen molar-refractivity contribution in [2.45, 2.75) is 46.1 Å². The average Bonchev–Trinajstić information content (AvgIpc) is 3.34. The van der Waals surface area contributed by atoms with Gasteiger partial charge < -0.3 is 24.6 Å². The molecule has 0 radical (unpaired) electrons. The van der Waals surface area contributed by atoms with Gasteiger partial charge in [0.05, 0.1) is 20.8 Å². The third-order valence-electron chi connectivity index (χ3n) is 5.31. The van der Waals surface area contributed by atoms with Crippen molar-refractivity contribution in [3.05, 3.63) is 46.2 Å². The third kappa shape index (κ3) is 8.61. The van der Waals surface area contributed by atoms with Crippen molar-refractivity contribution in [1.82, 2.24) is 15.1 Å². The number of methoxy groups -OCH3 is 2. The zero-order valence-corrected chi connectivity index (χ0v) is 21.1. The highest BCUT2D eigenvalue weighted by molar-refractivity contribution is 7.09. The van der Waals surface area contributed by atoms with E-state index >= 15 is 0 Å². The van der Waals surface area contributed by atoms with Crippen LogP contribution in [-0.2, 0) is 17.8 Å². The Morgan fingerprint density at radius 2 is 1.79 bits per heavy atom. The highest BCUT2D eigenvalue weighted by Gasteiger charge is 2.21. The monoisotopic (exact) mass is 475 g/mol. The number of hydrogen-bond acceptors (Lipinski definition) is 5. The summed E-state index contributed by atoms with van der Waals surface area (Å²) in [4.78, 5) is 30.5. The second kappa shape index (κ2) is 14.4. The summed E-state index contributed by atoms with van der Waals surface area (Å²) in [7, 11) is 3.22. The Hall–Kier alpha value is -2.74. The molecule has 1 N–H and O–H groups in total. The van der Waals surface area contributed by atoms with E-state index in [0.29, 0.717) is 44.1 Å². The maximum Gasteiger partial charge on any atom is 0.317 e. The van der Waals surface area contributed by atoms with E-state index in [1.165, 1.54) is 0 Å². The second-order valence-corrected chi connectivity index (χ2v) is 8.87. The Balaban J connectivity index is 2.09. The lowest BCUT2D eigenvalue weighted by molar-refractivity contribution is -0.132. The number of thiophene rings is 1. The summed E-state index contributed by atoms with van der Waals surface area (Å²) >= 11 is 1.63. The van der Waals surface area contributed by atoms with Gasteiger partial charge in [-0.05, 0) is 48.4 Å². The molecule has 0 saturated carbocycles. The minimum absolute atomic E-state index is 0.0528. The Kier molecular flexibility index (Phi) is 11.6. The lowest BCUT2D eigenvalue weighted by Crippen LogP contribution is -2.47. The molecule has 1 aromatic carbocycles. The standard InChI is InChI=1S/C25H37N3O4S/c1-5-7-13-26-25(30)28(14-6-2)19-24(29)27(18-21-9-8-16-33-21)15-12-20-10-11-22(31-3)23(17-20)32-4/h8-11,16-17H,5-7,12-15,18-19H2,1-4H3,(H,26,30). The normalized spacial score (nSPS) is 10.5. The number of nitrogens with one attached hydrogen (secondary N) is 1. The van der Waals surface area contributed by atoms with Crippen LogP contribution in [-0.4, -0.2) is 62.1 Å². The second-order valence-electron chi connectivity index (χ2n) is 7.84. The lowest BCUT2D eigenvalue weighted by Gasteiger charge is -2.27. The largest absolute Gasteiger partial charge is 0.493 e. The van der Waals surface area contributed by atoms with Gasteiger partial charge in [0.25, 0.3) is 0 Å². The fourth-order valence-electron chi connectivity index (χ4n) is 3.45. The molecule has 0 spiro atoms. The highest BCUT2D eigenvalue weighted by Crippen LogP contribution is 2.27. The number of amides is 3. The zero-order valence-electron chi connectivity index (χ0n) is 20.3. The first kappa shape index (κ1) is 26.5. The number of carbonyl (C=O) groups excluding carboxylic acids is 2. The molecule has 0 aliphatic heterocycles. The molecule has 0 aliphatic carbocycles. The van der Waals surface area contributed by atoms with Gasteiger partial charge in [-0.15, -0.1) is 11.3 Å². The molecule has 3 amide bonds. The van der Waals surface area contributed by atoms with E-state index in [-0.39, 0.29) is 18.5 Å². The number of urea groups is 1. The predicted molar refractivity (Wildman–Crippen MR) is 133 cm³/mol. The maximum atomic E-state index is 13.3. The van der Waals surface area contributed by atoms with E-state index < -0.39 is 0 Å². The molecule has 0 saturated heterocycles. The van der Waals surface area contributed by atoms with Gasteiger partial charge >= 0.3 is 6.03 Å². The first-order valence-electron chi connectivity index (χ1n) is 11.6. The van der Waals surface area contributed by atoms with Crippen LogP contribution in [0.25, 0.3) is 0 Å². The fraction of sp³-hybridized carbons (Fsp3) is 0.520. The molecule has 0 aliphatic rings. The van der Waals surface area contributed by atoms with Gasteiger partial charge in [0.15, 0.2) is 11.5 Å². The first-order chi connectivity index (χ1) is 16.0. The molecular formula is C25H37N3O4S. The first-order valence-corrected chi connectivity index (χ1v) is 12.4. The van der Waals surface area contributed by atoms with Crippen LogP contribution in [0.4, 0.5) is 4.79 Å². The molecule has 2 aromatic rings. The SMILES string of the molecule is CCCCNC(=O)N(CCC)CC(=O)N(CCc1ccc(OC)c(OC)c1)Cc1cccs1. The lowest BCUT2D eigenvalue weighted by atomic mass is 10.1. The Bertz CT molecular complexity index is 857. The van der Waals surface area contributed by atoms with Crippen molar-refractivity contribution in [2.75, 3.05) is 40.4 Å². The van der Waals surface area contributed by atoms with Crippen molar-refractivity contribution in [1.29, 1.82) is 0 Å². The van der Waals surface area contributed by atoms with E-state index in [1.807, 2.05) is 47.5 Å². The molecular weight excluding hydrogens is 438 g/mol. The fourth-order valence-corrected chi connectivity index (χ4v) is 4.17. The third-order valence-corrected chi connectivity index (χ3v) is 6.17. The number of nitrogens with zero attached hydrogens (tertiary/aromatic N) is 2. The van der Waals surface area contributed by atoms with Crippen LogP contribution >= 0.6 is 11.3 Å². The van der Waals surface area contributed by atoms with E-state index in [9.17, 15) is 9.59 Å². The molecule has 1 aromatic heterocycles. The van der Waals surface area contributed by atoms with E-state index in [0.717, 1.165) is 29.7 Å². The van der Waals surface area contributed by atoms with Crippen LogP contribution in [0.1, 0.15) is 43.6 Å². The topological polar surface area (TPSA) is 71.1 Å². The maximum absolute atomic E-state index is 13.3. The molecule has 0 bridgehead atoms. The number of ether oxygens (including phenoxy) is 2. The molecule has 182 valence electrons. The summed E-state index contributed by atoms with van der Waals surface area (Å²) in [6, 6.07) is 9.65. The van der Waals surface area contributed by atoms with Crippen LogP contribution in [0, 0.1) is 0 Å².